The molecule has 10 heteroatoms. The van der Waals surface area contributed by atoms with E-state index in [4.69, 9.17) is 16.3 Å². The minimum Gasteiger partial charge on any atom is -0.443 e. The highest BCUT2D eigenvalue weighted by Crippen LogP contribution is 2.32. The third kappa shape index (κ3) is 6.71. The van der Waals surface area contributed by atoms with Crippen molar-refractivity contribution in [3.63, 3.8) is 0 Å². The monoisotopic (exact) mass is 569 g/mol. The first-order valence-electron chi connectivity index (χ1n) is 12.5. The minimum atomic E-state index is -4.57. The highest BCUT2D eigenvalue weighted by atomic mass is 35.5. The number of hydrogen-bond donors (Lipinski definition) is 0. The number of aromatic nitrogens is 2. The third-order valence-corrected chi connectivity index (χ3v) is 6.65. The van der Waals surface area contributed by atoms with Gasteiger partial charge >= 0.3 is 11.9 Å². The fourth-order valence-electron chi connectivity index (χ4n) is 4.22. The predicted molar refractivity (Wildman–Crippen MR) is 150 cm³/mol. The lowest BCUT2D eigenvalue weighted by Gasteiger charge is -2.19. The average molecular weight is 570 g/mol. The van der Waals surface area contributed by atoms with Crippen LogP contribution in [0.3, 0.4) is 0 Å². The SMILES string of the molecule is Cc1c(N=C(Oc2cccc(C(F)(F)F)c2)C(C)Cc2ccc(Cl)cc2)n(Cc2ccccc2)c(=O)n(C)c1=O. The molecule has 0 spiro atoms. The first-order chi connectivity index (χ1) is 18.9. The molecule has 0 saturated heterocycles. The molecule has 1 aromatic heterocycles. The van der Waals surface area contributed by atoms with E-state index in [-0.39, 0.29) is 29.6 Å². The summed E-state index contributed by atoms with van der Waals surface area (Å²) in [5.41, 5.74) is -0.102. The predicted octanol–water partition coefficient (Wildman–Crippen LogP) is 6.56. The van der Waals surface area contributed by atoms with Crippen LogP contribution in [-0.4, -0.2) is 15.0 Å². The zero-order chi connectivity index (χ0) is 29.0. The topological polar surface area (TPSA) is 65.6 Å². The van der Waals surface area contributed by atoms with Crippen LogP contribution in [0, 0.1) is 12.8 Å². The Morgan fingerprint density at radius 1 is 0.975 bits per heavy atom. The molecule has 0 fully saturated rings. The molecule has 6 nitrogen and oxygen atoms in total. The van der Waals surface area contributed by atoms with Gasteiger partial charge < -0.3 is 4.74 Å². The van der Waals surface area contributed by atoms with E-state index in [0.717, 1.165) is 27.8 Å². The maximum atomic E-state index is 13.4. The number of benzene rings is 3. The fourth-order valence-corrected chi connectivity index (χ4v) is 4.34. The van der Waals surface area contributed by atoms with Crippen molar-refractivity contribution in [3.05, 3.63) is 127 Å². The molecule has 0 aliphatic rings. The molecule has 1 heterocycles. The summed E-state index contributed by atoms with van der Waals surface area (Å²) in [5.74, 6) is -0.414. The van der Waals surface area contributed by atoms with Crippen LogP contribution in [-0.2, 0) is 26.2 Å². The van der Waals surface area contributed by atoms with E-state index >= 15 is 0 Å². The zero-order valence-corrected chi connectivity index (χ0v) is 22.8. The van der Waals surface area contributed by atoms with Crippen LogP contribution < -0.4 is 16.0 Å². The molecule has 0 aliphatic heterocycles. The molecule has 0 radical (unpaired) electrons. The summed E-state index contributed by atoms with van der Waals surface area (Å²) in [6.45, 7) is 3.47. The van der Waals surface area contributed by atoms with Gasteiger partial charge in [0.1, 0.15) is 11.6 Å². The van der Waals surface area contributed by atoms with Gasteiger partial charge in [-0.05, 0) is 54.8 Å². The molecule has 0 saturated carbocycles. The van der Waals surface area contributed by atoms with Crippen molar-refractivity contribution in [2.45, 2.75) is 33.0 Å². The third-order valence-electron chi connectivity index (χ3n) is 6.39. The van der Waals surface area contributed by atoms with Gasteiger partial charge in [-0.15, -0.1) is 0 Å². The molecule has 3 aromatic carbocycles. The Kier molecular flexibility index (Phi) is 8.64. The van der Waals surface area contributed by atoms with Crippen molar-refractivity contribution in [1.82, 2.24) is 9.13 Å². The molecule has 0 bridgehead atoms. The van der Waals surface area contributed by atoms with Crippen molar-refractivity contribution < 1.29 is 17.9 Å². The number of aliphatic imine (C=N–C) groups is 1. The van der Waals surface area contributed by atoms with Crippen molar-refractivity contribution in [1.29, 1.82) is 0 Å². The summed E-state index contributed by atoms with van der Waals surface area (Å²) in [6, 6.07) is 20.8. The lowest BCUT2D eigenvalue weighted by atomic mass is 10.0. The molecular weight excluding hydrogens is 543 g/mol. The summed E-state index contributed by atoms with van der Waals surface area (Å²) in [5, 5.41) is 0.561. The second-order valence-corrected chi connectivity index (χ2v) is 9.91. The van der Waals surface area contributed by atoms with Crippen LogP contribution in [0.4, 0.5) is 19.0 Å². The van der Waals surface area contributed by atoms with Gasteiger partial charge in [-0.25, -0.2) is 4.79 Å². The van der Waals surface area contributed by atoms with Crippen molar-refractivity contribution in [3.8, 4) is 5.75 Å². The Bertz CT molecular complexity index is 1640. The average Bonchev–Trinajstić information content (AvgIpc) is 2.93. The first-order valence-corrected chi connectivity index (χ1v) is 12.8. The van der Waals surface area contributed by atoms with E-state index in [1.807, 2.05) is 42.5 Å². The number of halogens is 4. The zero-order valence-electron chi connectivity index (χ0n) is 22.1. The van der Waals surface area contributed by atoms with E-state index in [0.29, 0.717) is 11.4 Å². The van der Waals surface area contributed by atoms with Gasteiger partial charge in [0, 0.05) is 18.0 Å². The van der Waals surface area contributed by atoms with Crippen molar-refractivity contribution in [2.24, 2.45) is 18.0 Å². The van der Waals surface area contributed by atoms with E-state index in [1.165, 1.54) is 23.7 Å². The van der Waals surface area contributed by atoms with E-state index in [2.05, 4.69) is 4.99 Å². The smallest absolute Gasteiger partial charge is 0.416 e. The summed E-state index contributed by atoms with van der Waals surface area (Å²) in [4.78, 5) is 30.8. The van der Waals surface area contributed by atoms with Gasteiger partial charge in [0.05, 0.1) is 17.7 Å². The van der Waals surface area contributed by atoms with Crippen LogP contribution in [0.15, 0.2) is 93.4 Å². The van der Waals surface area contributed by atoms with Crippen LogP contribution in [0.5, 0.6) is 5.75 Å². The molecule has 1 unspecified atom stereocenters. The Morgan fingerprint density at radius 2 is 1.65 bits per heavy atom. The maximum absolute atomic E-state index is 13.4. The standard InChI is InChI=1S/C30H27ClF3N3O3/c1-19(16-21-12-14-24(31)15-13-21)27(40-25-11-7-10-23(17-25)30(32,33)34)35-26-20(2)28(38)36(3)29(39)37(26)18-22-8-5-4-6-9-22/h4-15,17,19H,16,18H2,1-3H3. The molecule has 40 heavy (non-hydrogen) atoms. The Morgan fingerprint density at radius 3 is 2.30 bits per heavy atom. The second-order valence-electron chi connectivity index (χ2n) is 9.48. The van der Waals surface area contributed by atoms with Gasteiger partial charge in [0.2, 0.25) is 0 Å². The van der Waals surface area contributed by atoms with Gasteiger partial charge in [-0.2, -0.15) is 18.2 Å². The lowest BCUT2D eigenvalue weighted by Crippen LogP contribution is -2.39. The highest BCUT2D eigenvalue weighted by Gasteiger charge is 2.31. The molecule has 4 rings (SSSR count). The fraction of sp³-hybridized carbons (Fsp3) is 0.233. The molecule has 1 atom stereocenters. The summed E-state index contributed by atoms with van der Waals surface area (Å²) < 4.78 is 48.5. The first kappa shape index (κ1) is 28.9. The molecule has 0 N–H and O–H groups in total. The van der Waals surface area contributed by atoms with Crippen LogP contribution in [0.1, 0.15) is 29.2 Å². The lowest BCUT2D eigenvalue weighted by molar-refractivity contribution is -0.137. The van der Waals surface area contributed by atoms with Gasteiger partial charge in [0.25, 0.3) is 5.56 Å². The van der Waals surface area contributed by atoms with E-state index in [9.17, 15) is 22.8 Å². The quantitative estimate of drug-likeness (QED) is 0.187. The van der Waals surface area contributed by atoms with Crippen molar-refractivity contribution in [2.75, 3.05) is 0 Å². The molecule has 0 aliphatic carbocycles. The number of rotatable bonds is 7. The Labute approximate surface area is 234 Å². The molecule has 0 amide bonds. The van der Waals surface area contributed by atoms with Crippen molar-refractivity contribution >= 4 is 23.3 Å². The van der Waals surface area contributed by atoms with Crippen LogP contribution >= 0.6 is 11.6 Å². The van der Waals surface area contributed by atoms with Crippen LogP contribution in [0.25, 0.3) is 0 Å². The number of nitrogens with zero attached hydrogens (tertiary/aromatic N) is 3. The van der Waals surface area contributed by atoms with E-state index < -0.39 is 28.9 Å². The second kappa shape index (κ2) is 12.0. The number of hydrogen-bond acceptors (Lipinski definition) is 4. The summed E-state index contributed by atoms with van der Waals surface area (Å²) >= 11 is 6.02. The van der Waals surface area contributed by atoms with Gasteiger partial charge in [-0.3, -0.25) is 13.9 Å². The van der Waals surface area contributed by atoms with Gasteiger partial charge in [0.15, 0.2) is 5.90 Å². The minimum absolute atomic E-state index is 0.0480. The number of ether oxygens (including phenoxy) is 1. The normalized spacial score (nSPS) is 12.8. The van der Waals surface area contributed by atoms with E-state index in [1.54, 1.807) is 26.0 Å². The highest BCUT2D eigenvalue weighted by molar-refractivity contribution is 6.30. The molecular formula is C30H27ClF3N3O3. The Hall–Kier alpha value is -4.11. The summed E-state index contributed by atoms with van der Waals surface area (Å²) in [7, 11) is 1.38. The maximum Gasteiger partial charge on any atom is 0.416 e. The van der Waals surface area contributed by atoms with Crippen LogP contribution in [0.2, 0.25) is 5.02 Å². The number of alkyl halides is 3. The summed E-state index contributed by atoms with van der Waals surface area (Å²) in [6.07, 6.45) is -4.16. The largest absolute Gasteiger partial charge is 0.443 e. The van der Waals surface area contributed by atoms with Gasteiger partial charge in [-0.1, -0.05) is 67.1 Å². The molecule has 208 valence electrons. The molecule has 4 aromatic rings. The Balaban J connectivity index is 1.86.